The summed E-state index contributed by atoms with van der Waals surface area (Å²) in [7, 11) is 0. The van der Waals surface area contributed by atoms with Gasteiger partial charge in [0.25, 0.3) is 0 Å². The first-order valence-corrected chi connectivity index (χ1v) is 7.29. The number of aromatic hydroxyl groups is 1. The highest BCUT2D eigenvalue weighted by Crippen LogP contribution is 2.27. The van der Waals surface area contributed by atoms with E-state index in [2.05, 4.69) is 43.4 Å². The highest BCUT2D eigenvalue weighted by atomic mass is 16.3. The van der Waals surface area contributed by atoms with E-state index in [0.717, 1.165) is 24.1 Å². The van der Waals surface area contributed by atoms with E-state index in [1.54, 1.807) is 12.1 Å². The number of nitrogens with one attached hydrogen (secondary N) is 1. The van der Waals surface area contributed by atoms with E-state index < -0.39 is 0 Å². The minimum absolute atomic E-state index is 0.296. The Kier molecular flexibility index (Phi) is 4.67. The summed E-state index contributed by atoms with van der Waals surface area (Å²) in [5.41, 5.74) is 4.81. The van der Waals surface area contributed by atoms with Crippen molar-refractivity contribution in [3.8, 4) is 5.75 Å². The Morgan fingerprint density at radius 1 is 1.05 bits per heavy atom. The highest BCUT2D eigenvalue weighted by Gasteiger charge is 2.10. The molecule has 0 spiro atoms. The van der Waals surface area contributed by atoms with Crippen LogP contribution in [0.25, 0.3) is 0 Å². The molecule has 2 aromatic carbocycles. The summed E-state index contributed by atoms with van der Waals surface area (Å²) >= 11 is 0. The molecule has 0 aliphatic rings. The molecule has 1 atom stereocenters. The van der Waals surface area contributed by atoms with Crippen molar-refractivity contribution in [2.45, 2.75) is 39.7 Å². The Balaban J connectivity index is 2.19. The van der Waals surface area contributed by atoms with Crippen molar-refractivity contribution < 1.29 is 5.11 Å². The van der Waals surface area contributed by atoms with Gasteiger partial charge in [-0.05, 0) is 54.7 Å². The number of rotatable bonds is 5. The van der Waals surface area contributed by atoms with Crippen molar-refractivity contribution in [3.05, 3.63) is 59.2 Å². The van der Waals surface area contributed by atoms with Crippen LogP contribution in [0.3, 0.4) is 0 Å². The van der Waals surface area contributed by atoms with E-state index in [1.165, 1.54) is 11.1 Å². The number of phenolic OH excluding ortho intramolecular Hbond substituents is 1. The zero-order chi connectivity index (χ0) is 14.5. The van der Waals surface area contributed by atoms with Crippen LogP contribution in [0.2, 0.25) is 0 Å². The van der Waals surface area contributed by atoms with Gasteiger partial charge in [-0.1, -0.05) is 38.1 Å². The molecule has 0 fully saturated rings. The molecule has 0 aromatic heterocycles. The number of anilines is 1. The molecule has 2 heteroatoms. The van der Waals surface area contributed by atoms with Crippen LogP contribution in [-0.2, 0) is 6.42 Å². The van der Waals surface area contributed by atoms with Crippen molar-refractivity contribution in [1.29, 1.82) is 0 Å². The van der Waals surface area contributed by atoms with Gasteiger partial charge in [-0.25, -0.2) is 0 Å². The molecule has 2 nitrogen and oxygen atoms in total. The molecule has 0 radical (unpaired) electrons. The third-order valence-electron chi connectivity index (χ3n) is 3.74. The molecular weight excluding hydrogens is 246 g/mol. The molecule has 0 heterocycles. The van der Waals surface area contributed by atoms with Gasteiger partial charge in [-0.2, -0.15) is 0 Å². The maximum absolute atomic E-state index is 9.48. The van der Waals surface area contributed by atoms with E-state index in [0.29, 0.717) is 11.8 Å². The highest BCUT2D eigenvalue weighted by molar-refractivity contribution is 5.54. The van der Waals surface area contributed by atoms with Gasteiger partial charge in [0.15, 0.2) is 0 Å². The predicted molar refractivity (Wildman–Crippen MR) is 85.3 cm³/mol. The SMILES string of the molecule is CCc1ccc(C(CC)Nc2ccc(O)cc2C)cc1. The molecule has 20 heavy (non-hydrogen) atoms. The van der Waals surface area contributed by atoms with Gasteiger partial charge >= 0.3 is 0 Å². The first kappa shape index (κ1) is 14.4. The van der Waals surface area contributed by atoms with Gasteiger partial charge < -0.3 is 10.4 Å². The van der Waals surface area contributed by atoms with E-state index in [1.807, 2.05) is 13.0 Å². The zero-order valence-corrected chi connectivity index (χ0v) is 12.5. The Bertz CT molecular complexity index is 560. The fourth-order valence-corrected chi connectivity index (χ4v) is 2.40. The first-order valence-electron chi connectivity index (χ1n) is 7.29. The van der Waals surface area contributed by atoms with Crippen LogP contribution < -0.4 is 5.32 Å². The maximum atomic E-state index is 9.48. The summed E-state index contributed by atoms with van der Waals surface area (Å²) in [6.07, 6.45) is 2.09. The molecule has 106 valence electrons. The van der Waals surface area contributed by atoms with Gasteiger partial charge in [-0.3, -0.25) is 0 Å². The maximum Gasteiger partial charge on any atom is 0.115 e. The fourth-order valence-electron chi connectivity index (χ4n) is 2.40. The van der Waals surface area contributed by atoms with Crippen LogP contribution in [0, 0.1) is 6.92 Å². The van der Waals surface area contributed by atoms with Crippen molar-refractivity contribution >= 4 is 5.69 Å². The number of hydrogen-bond acceptors (Lipinski definition) is 2. The van der Waals surface area contributed by atoms with Crippen molar-refractivity contribution in [2.24, 2.45) is 0 Å². The fraction of sp³-hybridized carbons (Fsp3) is 0.333. The predicted octanol–water partition coefficient (Wildman–Crippen LogP) is 4.83. The van der Waals surface area contributed by atoms with E-state index in [9.17, 15) is 5.11 Å². The Morgan fingerprint density at radius 3 is 2.30 bits per heavy atom. The van der Waals surface area contributed by atoms with Gasteiger partial charge in [0.1, 0.15) is 5.75 Å². The average molecular weight is 269 g/mol. The lowest BCUT2D eigenvalue weighted by molar-refractivity contribution is 0.475. The number of phenols is 1. The molecular formula is C18H23NO. The third-order valence-corrected chi connectivity index (χ3v) is 3.74. The number of benzene rings is 2. The van der Waals surface area contributed by atoms with Gasteiger partial charge in [-0.15, -0.1) is 0 Å². The van der Waals surface area contributed by atoms with Crippen molar-refractivity contribution in [2.75, 3.05) is 5.32 Å². The van der Waals surface area contributed by atoms with E-state index in [-0.39, 0.29) is 0 Å². The van der Waals surface area contributed by atoms with E-state index in [4.69, 9.17) is 0 Å². The summed E-state index contributed by atoms with van der Waals surface area (Å²) in [6, 6.07) is 14.5. The van der Waals surface area contributed by atoms with Crippen LogP contribution >= 0.6 is 0 Å². The topological polar surface area (TPSA) is 32.3 Å². The third kappa shape index (κ3) is 3.32. The standard InChI is InChI=1S/C18H23NO/c1-4-14-6-8-15(9-7-14)17(5-2)19-18-11-10-16(20)12-13(18)3/h6-12,17,19-20H,4-5H2,1-3H3. The average Bonchev–Trinajstić information content (AvgIpc) is 2.47. The lowest BCUT2D eigenvalue weighted by atomic mass is 10.0. The molecule has 0 aliphatic carbocycles. The Labute approximate surface area is 121 Å². The van der Waals surface area contributed by atoms with Crippen molar-refractivity contribution in [1.82, 2.24) is 0 Å². The molecule has 2 aromatic rings. The first-order chi connectivity index (χ1) is 9.63. The molecule has 1 unspecified atom stereocenters. The van der Waals surface area contributed by atoms with Gasteiger partial charge in [0, 0.05) is 5.69 Å². The minimum Gasteiger partial charge on any atom is -0.508 e. The quantitative estimate of drug-likeness (QED) is 0.762. The molecule has 0 amide bonds. The normalized spacial score (nSPS) is 12.2. The van der Waals surface area contributed by atoms with E-state index >= 15 is 0 Å². The van der Waals surface area contributed by atoms with Crippen LogP contribution in [0.5, 0.6) is 5.75 Å². The molecule has 0 saturated carbocycles. The second kappa shape index (κ2) is 6.47. The van der Waals surface area contributed by atoms with Crippen LogP contribution in [0.15, 0.2) is 42.5 Å². The molecule has 2 N–H and O–H groups in total. The summed E-state index contributed by atoms with van der Waals surface area (Å²) in [6.45, 7) is 6.36. The smallest absolute Gasteiger partial charge is 0.115 e. The molecule has 0 aliphatic heterocycles. The Morgan fingerprint density at radius 2 is 1.75 bits per heavy atom. The Hall–Kier alpha value is -1.96. The monoisotopic (exact) mass is 269 g/mol. The van der Waals surface area contributed by atoms with Gasteiger partial charge in [0.2, 0.25) is 0 Å². The molecule has 0 saturated heterocycles. The summed E-state index contributed by atoms with van der Waals surface area (Å²) < 4.78 is 0. The minimum atomic E-state index is 0.296. The van der Waals surface area contributed by atoms with Gasteiger partial charge in [0.05, 0.1) is 6.04 Å². The van der Waals surface area contributed by atoms with Crippen LogP contribution in [0.1, 0.15) is 43.0 Å². The second-order valence-electron chi connectivity index (χ2n) is 5.20. The number of aryl methyl sites for hydroxylation is 2. The van der Waals surface area contributed by atoms with Crippen LogP contribution in [-0.4, -0.2) is 5.11 Å². The molecule has 2 rings (SSSR count). The lowest BCUT2D eigenvalue weighted by Gasteiger charge is -2.20. The summed E-state index contributed by atoms with van der Waals surface area (Å²) in [4.78, 5) is 0. The number of hydrogen-bond donors (Lipinski definition) is 2. The van der Waals surface area contributed by atoms with Crippen molar-refractivity contribution in [3.63, 3.8) is 0 Å². The molecule has 0 bridgehead atoms. The largest absolute Gasteiger partial charge is 0.508 e. The zero-order valence-electron chi connectivity index (χ0n) is 12.5. The summed E-state index contributed by atoms with van der Waals surface area (Å²) in [5.74, 6) is 0.313. The lowest BCUT2D eigenvalue weighted by Crippen LogP contribution is -2.10. The van der Waals surface area contributed by atoms with Crippen LogP contribution in [0.4, 0.5) is 5.69 Å². The second-order valence-corrected chi connectivity index (χ2v) is 5.20. The summed E-state index contributed by atoms with van der Waals surface area (Å²) in [5, 5.41) is 13.0.